The smallest absolute Gasteiger partial charge is 0.165 e. The van der Waals surface area contributed by atoms with Gasteiger partial charge in [0.15, 0.2) is 11.6 Å². The maximum atomic E-state index is 13.8. The van der Waals surface area contributed by atoms with Gasteiger partial charge in [-0.3, -0.25) is 0 Å². The van der Waals surface area contributed by atoms with Gasteiger partial charge in [0.25, 0.3) is 0 Å². The fourth-order valence-electron chi connectivity index (χ4n) is 2.07. The molecular weight excluding hydrogens is 243 g/mol. The monoisotopic (exact) mass is 262 g/mol. The summed E-state index contributed by atoms with van der Waals surface area (Å²) in [5.74, 6) is -0.0354. The molecular formula is C15H19FN2O. The summed E-state index contributed by atoms with van der Waals surface area (Å²) in [5, 5.41) is 3.11. The predicted octanol–water partition coefficient (Wildman–Crippen LogP) is 3.25. The minimum atomic E-state index is -0.332. The molecule has 2 aromatic rings. The third-order valence-corrected chi connectivity index (χ3v) is 3.03. The van der Waals surface area contributed by atoms with Gasteiger partial charge in [0.05, 0.1) is 6.61 Å². The minimum Gasteiger partial charge on any atom is -0.491 e. The molecule has 0 spiro atoms. The highest BCUT2D eigenvalue weighted by molar-refractivity contribution is 5.62. The number of hydrogen-bond donors (Lipinski definition) is 2. The number of rotatable bonds is 5. The summed E-state index contributed by atoms with van der Waals surface area (Å²) in [7, 11) is 1.91. The Hall–Kier alpha value is -1.81. The van der Waals surface area contributed by atoms with Crippen LogP contribution in [0.1, 0.15) is 18.2 Å². The van der Waals surface area contributed by atoms with Crippen molar-refractivity contribution in [2.24, 2.45) is 0 Å². The molecule has 0 radical (unpaired) electrons. The van der Waals surface area contributed by atoms with Gasteiger partial charge in [-0.05, 0) is 50.7 Å². The van der Waals surface area contributed by atoms with E-state index in [0.717, 1.165) is 23.5 Å². The van der Waals surface area contributed by atoms with Crippen LogP contribution in [0.3, 0.4) is 0 Å². The van der Waals surface area contributed by atoms with Crippen LogP contribution in [0.5, 0.6) is 5.75 Å². The zero-order valence-electron chi connectivity index (χ0n) is 11.5. The summed E-state index contributed by atoms with van der Waals surface area (Å²) in [4.78, 5) is 3.28. The molecule has 0 fully saturated rings. The first kappa shape index (κ1) is 13.6. The molecule has 102 valence electrons. The molecule has 0 bridgehead atoms. The van der Waals surface area contributed by atoms with E-state index in [9.17, 15) is 4.39 Å². The zero-order chi connectivity index (χ0) is 13.8. The lowest BCUT2D eigenvalue weighted by Crippen LogP contribution is -2.04. The molecule has 1 heterocycles. The summed E-state index contributed by atoms with van der Waals surface area (Å²) in [5.41, 5.74) is 4.03. The lowest BCUT2D eigenvalue weighted by molar-refractivity contribution is 0.321. The van der Waals surface area contributed by atoms with Gasteiger partial charge < -0.3 is 15.0 Å². The zero-order valence-corrected chi connectivity index (χ0v) is 11.5. The molecule has 0 saturated heterocycles. The van der Waals surface area contributed by atoms with Gasteiger partial charge in [0, 0.05) is 23.5 Å². The summed E-state index contributed by atoms with van der Waals surface area (Å²) in [6, 6.07) is 7.07. The average Bonchev–Trinajstić information content (AvgIpc) is 2.74. The quantitative estimate of drug-likeness (QED) is 0.868. The summed E-state index contributed by atoms with van der Waals surface area (Å²) in [6.07, 6.45) is 0. The van der Waals surface area contributed by atoms with E-state index in [0.29, 0.717) is 12.4 Å². The maximum absolute atomic E-state index is 13.8. The van der Waals surface area contributed by atoms with Gasteiger partial charge in [-0.2, -0.15) is 0 Å². The van der Waals surface area contributed by atoms with Crippen molar-refractivity contribution >= 4 is 0 Å². The third kappa shape index (κ3) is 2.96. The lowest BCUT2D eigenvalue weighted by atomic mass is 10.1. The van der Waals surface area contributed by atoms with E-state index in [1.54, 1.807) is 6.07 Å². The van der Waals surface area contributed by atoms with E-state index < -0.39 is 0 Å². The second-order valence-electron chi connectivity index (χ2n) is 4.44. The highest BCUT2D eigenvalue weighted by Gasteiger charge is 2.09. The largest absolute Gasteiger partial charge is 0.491 e. The van der Waals surface area contributed by atoms with Crippen LogP contribution < -0.4 is 10.1 Å². The Kier molecular flexibility index (Phi) is 4.22. The van der Waals surface area contributed by atoms with E-state index in [1.807, 2.05) is 33.0 Å². The number of aromatic nitrogens is 1. The van der Waals surface area contributed by atoms with E-state index >= 15 is 0 Å². The normalized spacial score (nSPS) is 10.7. The Morgan fingerprint density at radius 3 is 2.74 bits per heavy atom. The number of H-pyrrole nitrogens is 1. The van der Waals surface area contributed by atoms with Crippen LogP contribution in [0, 0.1) is 12.7 Å². The Bertz CT molecular complexity index is 563. The van der Waals surface area contributed by atoms with Crippen LogP contribution in [0.15, 0.2) is 24.3 Å². The van der Waals surface area contributed by atoms with Gasteiger partial charge in [0.1, 0.15) is 0 Å². The molecule has 2 rings (SSSR count). The summed E-state index contributed by atoms with van der Waals surface area (Å²) in [6.45, 7) is 5.11. The number of aryl methyl sites for hydroxylation is 1. The predicted molar refractivity (Wildman–Crippen MR) is 74.9 cm³/mol. The van der Waals surface area contributed by atoms with Crippen LogP contribution in [0.4, 0.5) is 4.39 Å². The van der Waals surface area contributed by atoms with Gasteiger partial charge in [-0.15, -0.1) is 0 Å². The number of halogens is 1. The highest BCUT2D eigenvalue weighted by atomic mass is 19.1. The number of aromatic amines is 1. The molecule has 0 aliphatic rings. The van der Waals surface area contributed by atoms with Crippen molar-refractivity contribution in [3.05, 3.63) is 41.3 Å². The average molecular weight is 262 g/mol. The van der Waals surface area contributed by atoms with Gasteiger partial charge in [-0.1, -0.05) is 0 Å². The fourth-order valence-corrected chi connectivity index (χ4v) is 2.07. The first-order valence-corrected chi connectivity index (χ1v) is 6.41. The second kappa shape index (κ2) is 5.89. The summed E-state index contributed by atoms with van der Waals surface area (Å²) < 4.78 is 19.0. The standard InChI is InChI=1S/C15H19FN2O/c1-4-19-15-6-5-11(7-13(15)16)14-8-12(9-17-3)10(2)18-14/h5-8,17-18H,4,9H2,1-3H3. The van der Waals surface area contributed by atoms with Crippen LogP contribution in [-0.4, -0.2) is 18.6 Å². The summed E-state index contributed by atoms with van der Waals surface area (Å²) >= 11 is 0. The van der Waals surface area contributed by atoms with Crippen molar-refractivity contribution in [2.75, 3.05) is 13.7 Å². The third-order valence-electron chi connectivity index (χ3n) is 3.03. The van der Waals surface area contributed by atoms with Crippen LogP contribution >= 0.6 is 0 Å². The van der Waals surface area contributed by atoms with Crippen molar-refractivity contribution in [3.8, 4) is 17.0 Å². The Morgan fingerprint density at radius 2 is 2.11 bits per heavy atom. The first-order chi connectivity index (χ1) is 9.15. The first-order valence-electron chi connectivity index (χ1n) is 6.41. The van der Waals surface area contributed by atoms with Crippen molar-refractivity contribution in [1.29, 1.82) is 0 Å². The minimum absolute atomic E-state index is 0.296. The highest BCUT2D eigenvalue weighted by Crippen LogP contribution is 2.26. The molecule has 0 aliphatic carbocycles. The van der Waals surface area contributed by atoms with Crippen molar-refractivity contribution in [3.63, 3.8) is 0 Å². The molecule has 2 N–H and O–H groups in total. The van der Waals surface area contributed by atoms with Gasteiger partial charge in [-0.25, -0.2) is 4.39 Å². The molecule has 1 aromatic carbocycles. The van der Waals surface area contributed by atoms with Crippen molar-refractivity contribution in [2.45, 2.75) is 20.4 Å². The molecule has 3 nitrogen and oxygen atoms in total. The maximum Gasteiger partial charge on any atom is 0.165 e. The van der Waals surface area contributed by atoms with E-state index in [1.165, 1.54) is 11.6 Å². The SMILES string of the molecule is CCOc1ccc(-c2cc(CNC)c(C)[nH]2)cc1F. The lowest BCUT2D eigenvalue weighted by Gasteiger charge is -2.05. The van der Waals surface area contributed by atoms with Crippen LogP contribution in [0.25, 0.3) is 11.3 Å². The van der Waals surface area contributed by atoms with Gasteiger partial charge >= 0.3 is 0 Å². The second-order valence-corrected chi connectivity index (χ2v) is 4.44. The van der Waals surface area contributed by atoms with Crippen molar-refractivity contribution in [1.82, 2.24) is 10.3 Å². The topological polar surface area (TPSA) is 37.0 Å². The number of ether oxygens (including phenoxy) is 1. The van der Waals surface area contributed by atoms with E-state index in [-0.39, 0.29) is 5.82 Å². The van der Waals surface area contributed by atoms with Crippen LogP contribution in [-0.2, 0) is 6.54 Å². The molecule has 4 heteroatoms. The number of nitrogens with one attached hydrogen (secondary N) is 2. The Labute approximate surface area is 112 Å². The van der Waals surface area contributed by atoms with Gasteiger partial charge in [0.2, 0.25) is 0 Å². The van der Waals surface area contributed by atoms with Crippen molar-refractivity contribution < 1.29 is 9.13 Å². The molecule has 0 amide bonds. The fraction of sp³-hybridized carbons (Fsp3) is 0.333. The Morgan fingerprint density at radius 1 is 1.32 bits per heavy atom. The Balaban J connectivity index is 2.31. The molecule has 0 saturated carbocycles. The molecule has 0 atom stereocenters. The molecule has 0 aliphatic heterocycles. The molecule has 1 aromatic heterocycles. The number of hydrogen-bond acceptors (Lipinski definition) is 2. The van der Waals surface area contributed by atoms with E-state index in [2.05, 4.69) is 10.3 Å². The molecule has 19 heavy (non-hydrogen) atoms. The molecule has 0 unspecified atom stereocenters. The van der Waals surface area contributed by atoms with Crippen LogP contribution in [0.2, 0.25) is 0 Å². The van der Waals surface area contributed by atoms with E-state index in [4.69, 9.17) is 4.74 Å². The number of benzene rings is 1.